The van der Waals surface area contributed by atoms with Gasteiger partial charge in [-0.3, -0.25) is 0 Å². The van der Waals surface area contributed by atoms with Gasteiger partial charge in [0.1, 0.15) is 5.75 Å². The fourth-order valence-corrected chi connectivity index (χ4v) is 4.63. The zero-order chi connectivity index (χ0) is 23.6. The smallest absolute Gasteiger partial charge is 0.187 e. The lowest BCUT2D eigenvalue weighted by Gasteiger charge is -2.09. The Labute approximate surface area is 207 Å². The molecular formula is C29H46N2OS. The van der Waals surface area contributed by atoms with Crippen LogP contribution in [-0.2, 0) is 0 Å². The summed E-state index contributed by atoms with van der Waals surface area (Å²) < 4.78 is 5.93. The van der Waals surface area contributed by atoms with E-state index in [1.54, 1.807) is 11.8 Å². The molecule has 0 radical (unpaired) electrons. The summed E-state index contributed by atoms with van der Waals surface area (Å²) in [4.78, 5) is 9.10. The molecular weight excluding hydrogens is 424 g/mol. The molecule has 0 aliphatic carbocycles. The number of ether oxygens (including phenoxy) is 1. The highest BCUT2D eigenvalue weighted by atomic mass is 32.2. The lowest BCUT2D eigenvalue weighted by molar-refractivity contribution is 0.304. The quantitative estimate of drug-likeness (QED) is 0.116. The highest BCUT2D eigenvalue weighted by Gasteiger charge is 2.03. The van der Waals surface area contributed by atoms with Gasteiger partial charge in [-0.15, -0.1) is 0 Å². The van der Waals surface area contributed by atoms with Gasteiger partial charge >= 0.3 is 0 Å². The van der Waals surface area contributed by atoms with Crippen molar-refractivity contribution in [3.05, 3.63) is 36.7 Å². The molecule has 0 aliphatic rings. The summed E-state index contributed by atoms with van der Waals surface area (Å²) in [5.41, 5.74) is 2.19. The van der Waals surface area contributed by atoms with Crippen molar-refractivity contribution in [2.45, 2.75) is 109 Å². The molecule has 0 unspecified atom stereocenters. The molecule has 1 heterocycles. The Morgan fingerprint density at radius 2 is 1.39 bits per heavy atom. The van der Waals surface area contributed by atoms with Crippen LogP contribution in [0.25, 0.3) is 11.1 Å². The number of rotatable bonds is 19. The van der Waals surface area contributed by atoms with Gasteiger partial charge in [-0.1, -0.05) is 115 Å². The van der Waals surface area contributed by atoms with E-state index >= 15 is 0 Å². The SMILES string of the molecule is CCCCCCCCSc1ncc(-c2ccc(OCCCCCCC[C@@H](C)CC)cc2)cn1. The summed E-state index contributed by atoms with van der Waals surface area (Å²) >= 11 is 1.77. The molecule has 0 saturated carbocycles. The number of thioether (sulfide) groups is 1. The second-order valence-corrected chi connectivity index (χ2v) is 10.4. The normalized spacial score (nSPS) is 12.1. The number of unbranched alkanes of at least 4 members (excludes halogenated alkanes) is 9. The van der Waals surface area contributed by atoms with Crippen molar-refractivity contribution in [3.8, 4) is 16.9 Å². The largest absolute Gasteiger partial charge is 0.494 e. The first-order chi connectivity index (χ1) is 16.2. The van der Waals surface area contributed by atoms with Crippen molar-refractivity contribution < 1.29 is 4.74 Å². The summed E-state index contributed by atoms with van der Waals surface area (Å²) in [6, 6.07) is 8.32. The monoisotopic (exact) mass is 470 g/mol. The third-order valence-electron chi connectivity index (χ3n) is 6.35. The summed E-state index contributed by atoms with van der Waals surface area (Å²) in [6.45, 7) is 7.71. The van der Waals surface area contributed by atoms with Gasteiger partial charge < -0.3 is 4.74 Å². The molecule has 0 bridgehead atoms. The van der Waals surface area contributed by atoms with E-state index in [4.69, 9.17) is 4.74 Å². The molecule has 1 atom stereocenters. The van der Waals surface area contributed by atoms with Crippen LogP contribution in [0.4, 0.5) is 0 Å². The molecule has 4 heteroatoms. The van der Waals surface area contributed by atoms with E-state index in [1.807, 2.05) is 12.4 Å². The van der Waals surface area contributed by atoms with Crippen molar-refractivity contribution in [3.63, 3.8) is 0 Å². The predicted molar refractivity (Wildman–Crippen MR) is 144 cm³/mol. The van der Waals surface area contributed by atoms with Gasteiger partial charge in [-0.05, 0) is 36.5 Å². The van der Waals surface area contributed by atoms with Gasteiger partial charge in [-0.2, -0.15) is 0 Å². The van der Waals surface area contributed by atoms with Gasteiger partial charge in [0.15, 0.2) is 5.16 Å². The molecule has 2 rings (SSSR count). The molecule has 0 aliphatic heterocycles. The lowest BCUT2D eigenvalue weighted by Crippen LogP contribution is -1.97. The summed E-state index contributed by atoms with van der Waals surface area (Å²) in [5, 5.41) is 0.882. The number of hydrogen-bond acceptors (Lipinski definition) is 4. The zero-order valence-corrected chi connectivity index (χ0v) is 22.2. The van der Waals surface area contributed by atoms with Crippen molar-refractivity contribution in [1.82, 2.24) is 9.97 Å². The minimum atomic E-state index is 0.804. The Balaban J connectivity index is 1.60. The minimum Gasteiger partial charge on any atom is -0.494 e. The molecule has 0 saturated heterocycles. The van der Waals surface area contributed by atoms with E-state index in [0.717, 1.165) is 46.7 Å². The predicted octanol–water partition coefficient (Wildman–Crippen LogP) is 9.36. The van der Waals surface area contributed by atoms with E-state index in [2.05, 4.69) is 55.0 Å². The van der Waals surface area contributed by atoms with Crippen LogP contribution in [0.5, 0.6) is 5.75 Å². The standard InChI is InChI=1S/C29H46N2OS/c1-4-6-7-8-12-15-22-33-29-30-23-27(24-31-29)26-17-19-28(20-18-26)32-21-14-11-9-10-13-16-25(3)5-2/h17-20,23-25H,4-16,21-22H2,1-3H3/t25-/m0/s1. The minimum absolute atomic E-state index is 0.804. The highest BCUT2D eigenvalue weighted by Crippen LogP contribution is 2.23. The van der Waals surface area contributed by atoms with Crippen LogP contribution >= 0.6 is 11.8 Å². The van der Waals surface area contributed by atoms with Gasteiger partial charge in [0, 0.05) is 23.7 Å². The van der Waals surface area contributed by atoms with Crippen molar-refractivity contribution in [2.24, 2.45) is 5.92 Å². The first kappa shape index (κ1) is 27.7. The molecule has 184 valence electrons. The van der Waals surface area contributed by atoms with Crippen LogP contribution in [0.3, 0.4) is 0 Å². The second kappa shape index (κ2) is 17.9. The summed E-state index contributed by atoms with van der Waals surface area (Å²) in [5.74, 6) is 2.94. The maximum absolute atomic E-state index is 5.93. The topological polar surface area (TPSA) is 35.0 Å². The number of benzene rings is 1. The molecule has 33 heavy (non-hydrogen) atoms. The van der Waals surface area contributed by atoms with Crippen LogP contribution in [0, 0.1) is 5.92 Å². The molecule has 0 N–H and O–H groups in total. The maximum atomic E-state index is 5.93. The lowest BCUT2D eigenvalue weighted by atomic mass is 10.0. The first-order valence-electron chi connectivity index (χ1n) is 13.4. The fourth-order valence-electron chi connectivity index (χ4n) is 3.85. The Morgan fingerprint density at radius 3 is 2.09 bits per heavy atom. The molecule has 0 amide bonds. The van der Waals surface area contributed by atoms with Gasteiger partial charge in [-0.25, -0.2) is 9.97 Å². The van der Waals surface area contributed by atoms with Crippen LogP contribution in [-0.4, -0.2) is 22.3 Å². The van der Waals surface area contributed by atoms with E-state index < -0.39 is 0 Å². The maximum Gasteiger partial charge on any atom is 0.187 e. The Hall–Kier alpha value is -1.55. The second-order valence-electron chi connectivity index (χ2n) is 9.31. The van der Waals surface area contributed by atoms with Crippen molar-refractivity contribution in [1.29, 1.82) is 0 Å². The average Bonchev–Trinajstić information content (AvgIpc) is 2.85. The number of nitrogens with zero attached hydrogens (tertiary/aromatic N) is 2. The van der Waals surface area contributed by atoms with E-state index in [1.165, 1.54) is 77.0 Å². The van der Waals surface area contributed by atoms with Crippen LogP contribution in [0.2, 0.25) is 0 Å². The van der Waals surface area contributed by atoms with Gasteiger partial charge in [0.2, 0.25) is 0 Å². The van der Waals surface area contributed by atoms with Crippen molar-refractivity contribution >= 4 is 11.8 Å². The van der Waals surface area contributed by atoms with Gasteiger partial charge in [0.25, 0.3) is 0 Å². The zero-order valence-electron chi connectivity index (χ0n) is 21.4. The highest BCUT2D eigenvalue weighted by molar-refractivity contribution is 7.99. The average molecular weight is 471 g/mol. The van der Waals surface area contributed by atoms with Crippen LogP contribution < -0.4 is 4.74 Å². The Bertz CT molecular complexity index is 717. The van der Waals surface area contributed by atoms with Crippen molar-refractivity contribution in [2.75, 3.05) is 12.4 Å². The third kappa shape index (κ3) is 12.5. The molecule has 1 aromatic carbocycles. The van der Waals surface area contributed by atoms with Crippen LogP contribution in [0.1, 0.15) is 104 Å². The summed E-state index contributed by atoms with van der Waals surface area (Å²) in [6.07, 6.45) is 21.0. The third-order valence-corrected chi connectivity index (χ3v) is 7.31. The van der Waals surface area contributed by atoms with Crippen LogP contribution in [0.15, 0.2) is 41.8 Å². The number of aromatic nitrogens is 2. The molecule has 2 aromatic rings. The van der Waals surface area contributed by atoms with E-state index in [9.17, 15) is 0 Å². The number of hydrogen-bond donors (Lipinski definition) is 0. The summed E-state index contributed by atoms with van der Waals surface area (Å²) in [7, 11) is 0. The van der Waals surface area contributed by atoms with E-state index in [-0.39, 0.29) is 0 Å². The van der Waals surface area contributed by atoms with E-state index in [0.29, 0.717) is 0 Å². The first-order valence-corrected chi connectivity index (χ1v) is 14.4. The molecule has 1 aromatic heterocycles. The van der Waals surface area contributed by atoms with Gasteiger partial charge in [0.05, 0.1) is 6.61 Å². The fraction of sp³-hybridized carbons (Fsp3) is 0.655. The Morgan fingerprint density at radius 1 is 0.758 bits per heavy atom. The molecule has 0 fully saturated rings. The molecule has 3 nitrogen and oxygen atoms in total. The Kier molecular flexibility index (Phi) is 15.0. The molecule has 0 spiro atoms.